The second-order valence-corrected chi connectivity index (χ2v) is 7.66. The van der Waals surface area contributed by atoms with Gasteiger partial charge in [0.2, 0.25) is 10.0 Å². The van der Waals surface area contributed by atoms with Crippen molar-refractivity contribution in [2.45, 2.75) is 11.4 Å². The Morgan fingerprint density at radius 2 is 2.00 bits per heavy atom. The number of esters is 1. The average Bonchev–Trinajstić information content (AvgIpc) is 3.12. The van der Waals surface area contributed by atoms with Crippen molar-refractivity contribution < 1.29 is 27.5 Å². The summed E-state index contributed by atoms with van der Waals surface area (Å²) in [6.45, 7) is -0.826. The second kappa shape index (κ2) is 9.33. The zero-order valence-corrected chi connectivity index (χ0v) is 16.6. The van der Waals surface area contributed by atoms with E-state index in [0.717, 1.165) is 11.8 Å². The van der Waals surface area contributed by atoms with Crippen LogP contribution in [0.25, 0.3) is 0 Å². The Hall–Kier alpha value is -2.92. The molecule has 1 heterocycles. The van der Waals surface area contributed by atoms with Gasteiger partial charge < -0.3 is 14.4 Å². The number of carbonyl (C=O) groups is 2. The number of ether oxygens (including phenoxy) is 2. The molecule has 0 radical (unpaired) electrons. The number of aromatic nitrogens is 2. The monoisotopic (exact) mass is 410 g/mol. The van der Waals surface area contributed by atoms with Gasteiger partial charge >= 0.3 is 5.97 Å². The number of aryl methyl sites for hydroxylation is 1. The summed E-state index contributed by atoms with van der Waals surface area (Å²) in [6, 6.07) is 7.24. The molecular formula is C17H22N4O6S. The summed E-state index contributed by atoms with van der Waals surface area (Å²) >= 11 is 0. The maximum absolute atomic E-state index is 12.1. The number of hydrogen-bond acceptors (Lipinski definition) is 7. The maximum Gasteiger partial charge on any atom is 0.321 e. The fourth-order valence-electron chi connectivity index (χ4n) is 2.26. The van der Waals surface area contributed by atoms with E-state index in [-0.39, 0.29) is 11.4 Å². The van der Waals surface area contributed by atoms with Crippen molar-refractivity contribution in [1.82, 2.24) is 19.4 Å². The van der Waals surface area contributed by atoms with E-state index in [4.69, 9.17) is 9.47 Å². The van der Waals surface area contributed by atoms with Crippen LogP contribution in [-0.4, -0.2) is 62.3 Å². The van der Waals surface area contributed by atoms with Crippen molar-refractivity contribution in [2.75, 3.05) is 27.3 Å². The normalized spacial score (nSPS) is 11.1. The van der Waals surface area contributed by atoms with Crippen molar-refractivity contribution in [3.8, 4) is 5.75 Å². The third-order valence-corrected chi connectivity index (χ3v) is 5.14. The van der Waals surface area contributed by atoms with E-state index in [1.165, 1.54) is 22.9 Å². The van der Waals surface area contributed by atoms with E-state index in [9.17, 15) is 18.0 Å². The number of likely N-dealkylation sites (N-methyl/N-ethyl adjacent to an activating group) is 1. The molecule has 10 nitrogen and oxygen atoms in total. The highest BCUT2D eigenvalue weighted by molar-refractivity contribution is 7.89. The number of amides is 1. The highest BCUT2D eigenvalue weighted by atomic mass is 32.2. The Morgan fingerprint density at radius 1 is 1.29 bits per heavy atom. The number of nitrogens with one attached hydrogen (secondary N) is 1. The van der Waals surface area contributed by atoms with Crippen LogP contribution < -0.4 is 9.46 Å². The van der Waals surface area contributed by atoms with Gasteiger partial charge in [-0.15, -0.1) is 0 Å². The molecular weight excluding hydrogens is 388 g/mol. The molecule has 0 saturated carbocycles. The quantitative estimate of drug-likeness (QED) is 0.574. The SMILES string of the molecule is COc1ccccc1CN(C)C(=O)COC(=O)CNS(=O)(=O)c1cnn(C)c1. The van der Waals surface area contributed by atoms with Gasteiger partial charge in [-0.2, -0.15) is 9.82 Å². The predicted molar refractivity (Wildman–Crippen MR) is 98.8 cm³/mol. The lowest BCUT2D eigenvalue weighted by Crippen LogP contribution is -2.34. The summed E-state index contributed by atoms with van der Waals surface area (Å²) in [5, 5.41) is 3.76. The molecule has 1 aromatic heterocycles. The highest BCUT2D eigenvalue weighted by Crippen LogP contribution is 2.18. The summed E-state index contributed by atoms with van der Waals surface area (Å²) in [5.74, 6) is -0.662. The van der Waals surface area contributed by atoms with Gasteiger partial charge in [-0.1, -0.05) is 18.2 Å². The lowest BCUT2D eigenvalue weighted by Gasteiger charge is -2.18. The zero-order chi connectivity index (χ0) is 20.7. The Balaban J connectivity index is 1.81. The van der Waals surface area contributed by atoms with Crippen LogP contribution in [0.1, 0.15) is 5.56 Å². The minimum atomic E-state index is -3.88. The van der Waals surface area contributed by atoms with Crippen molar-refractivity contribution in [2.24, 2.45) is 7.05 Å². The highest BCUT2D eigenvalue weighted by Gasteiger charge is 2.19. The van der Waals surface area contributed by atoms with Crippen molar-refractivity contribution >= 4 is 21.9 Å². The Labute approximate surface area is 163 Å². The van der Waals surface area contributed by atoms with Gasteiger partial charge in [-0.25, -0.2) is 8.42 Å². The summed E-state index contributed by atoms with van der Waals surface area (Å²) in [6.07, 6.45) is 2.45. The molecule has 0 bridgehead atoms. The molecule has 152 valence electrons. The summed E-state index contributed by atoms with van der Waals surface area (Å²) < 4.78 is 37.5. The number of hydrogen-bond donors (Lipinski definition) is 1. The van der Waals surface area contributed by atoms with Crippen LogP contribution in [0.3, 0.4) is 0 Å². The number of benzene rings is 1. The number of nitrogens with zero attached hydrogens (tertiary/aromatic N) is 3. The van der Waals surface area contributed by atoms with E-state index in [1.807, 2.05) is 18.2 Å². The topological polar surface area (TPSA) is 120 Å². The van der Waals surface area contributed by atoms with Crippen LogP contribution in [0.15, 0.2) is 41.6 Å². The molecule has 0 fully saturated rings. The van der Waals surface area contributed by atoms with Gasteiger partial charge in [-0.3, -0.25) is 14.3 Å². The standard InChI is InChI=1S/C17H22N4O6S/c1-20(10-13-6-4-5-7-15(13)26-3)16(22)12-27-17(23)9-19-28(24,25)14-8-18-21(2)11-14/h4-8,11,19H,9-10,12H2,1-3H3. The smallest absolute Gasteiger partial charge is 0.321 e. The van der Waals surface area contributed by atoms with Gasteiger partial charge in [-0.05, 0) is 6.07 Å². The van der Waals surface area contributed by atoms with Crippen molar-refractivity contribution in [3.05, 3.63) is 42.2 Å². The Kier molecular flexibility index (Phi) is 7.12. The first-order chi connectivity index (χ1) is 13.2. The molecule has 28 heavy (non-hydrogen) atoms. The predicted octanol–water partition coefficient (Wildman–Crippen LogP) is -0.0912. The molecule has 0 unspecified atom stereocenters. The lowest BCUT2D eigenvalue weighted by atomic mass is 10.2. The molecule has 0 spiro atoms. The summed E-state index contributed by atoms with van der Waals surface area (Å²) in [7, 11) is 0.789. The van der Waals surface area contributed by atoms with Crippen LogP contribution in [-0.2, 0) is 37.9 Å². The third kappa shape index (κ3) is 5.79. The van der Waals surface area contributed by atoms with Gasteiger partial charge in [0.1, 0.15) is 17.2 Å². The van der Waals surface area contributed by atoms with Crippen molar-refractivity contribution in [1.29, 1.82) is 0 Å². The van der Waals surface area contributed by atoms with Gasteiger partial charge in [0, 0.05) is 32.4 Å². The second-order valence-electron chi connectivity index (χ2n) is 5.90. The maximum atomic E-state index is 12.1. The first-order valence-electron chi connectivity index (χ1n) is 8.22. The molecule has 0 aliphatic rings. The number of sulfonamides is 1. The van der Waals surface area contributed by atoms with Crippen LogP contribution in [0.4, 0.5) is 0 Å². The van der Waals surface area contributed by atoms with Gasteiger partial charge in [0.15, 0.2) is 6.61 Å². The van der Waals surface area contributed by atoms with Crippen LogP contribution in [0.2, 0.25) is 0 Å². The molecule has 2 aromatic rings. The molecule has 1 N–H and O–H groups in total. The Morgan fingerprint density at radius 3 is 2.64 bits per heavy atom. The number of carbonyl (C=O) groups excluding carboxylic acids is 2. The minimum Gasteiger partial charge on any atom is -0.496 e. The van der Waals surface area contributed by atoms with Crippen LogP contribution in [0, 0.1) is 0 Å². The van der Waals surface area contributed by atoms with E-state index in [2.05, 4.69) is 9.82 Å². The molecule has 0 saturated heterocycles. The van der Waals surface area contributed by atoms with Gasteiger partial charge in [0.25, 0.3) is 5.91 Å². The van der Waals surface area contributed by atoms with E-state index in [0.29, 0.717) is 5.75 Å². The van der Waals surface area contributed by atoms with E-state index < -0.39 is 35.1 Å². The number of methoxy groups -OCH3 is 1. The number of para-hydroxylation sites is 1. The van der Waals surface area contributed by atoms with Crippen molar-refractivity contribution in [3.63, 3.8) is 0 Å². The summed E-state index contributed by atoms with van der Waals surface area (Å²) in [5.41, 5.74) is 0.802. The average molecular weight is 410 g/mol. The zero-order valence-electron chi connectivity index (χ0n) is 15.8. The van der Waals surface area contributed by atoms with E-state index in [1.54, 1.807) is 20.2 Å². The fourth-order valence-corrected chi connectivity index (χ4v) is 3.21. The van der Waals surface area contributed by atoms with Crippen LogP contribution in [0.5, 0.6) is 5.75 Å². The first-order valence-corrected chi connectivity index (χ1v) is 9.71. The largest absolute Gasteiger partial charge is 0.496 e. The molecule has 0 aliphatic heterocycles. The molecule has 1 aromatic carbocycles. The molecule has 11 heteroatoms. The molecule has 1 amide bonds. The molecule has 2 rings (SSSR count). The molecule has 0 atom stereocenters. The van der Waals surface area contributed by atoms with Gasteiger partial charge in [0.05, 0.1) is 13.3 Å². The minimum absolute atomic E-state index is 0.0737. The summed E-state index contributed by atoms with van der Waals surface area (Å²) in [4.78, 5) is 25.2. The first kappa shape index (κ1) is 21.4. The third-order valence-electron chi connectivity index (χ3n) is 3.78. The van der Waals surface area contributed by atoms with E-state index >= 15 is 0 Å². The van der Waals surface area contributed by atoms with Crippen LogP contribution >= 0.6 is 0 Å². The Bertz CT molecular complexity index is 941. The fraction of sp³-hybridized carbons (Fsp3) is 0.353. The number of rotatable bonds is 9. The molecule has 0 aliphatic carbocycles. The lowest BCUT2D eigenvalue weighted by molar-refractivity contribution is -0.150.